The highest BCUT2D eigenvalue weighted by Crippen LogP contribution is 2.33. The van der Waals surface area contributed by atoms with Gasteiger partial charge in [0.1, 0.15) is 17.3 Å². The minimum Gasteiger partial charge on any atom is -0.497 e. The van der Waals surface area contributed by atoms with Crippen molar-refractivity contribution in [2.75, 3.05) is 50.1 Å². The summed E-state index contributed by atoms with van der Waals surface area (Å²) in [5.41, 5.74) is 4.77. The summed E-state index contributed by atoms with van der Waals surface area (Å²) in [6, 6.07) is 14.0. The molecule has 34 heavy (non-hydrogen) atoms. The van der Waals surface area contributed by atoms with Crippen molar-refractivity contribution in [3.8, 4) is 5.75 Å². The Morgan fingerprint density at radius 2 is 1.71 bits per heavy atom. The van der Waals surface area contributed by atoms with E-state index in [1.807, 2.05) is 48.7 Å². The van der Waals surface area contributed by atoms with Gasteiger partial charge in [-0.25, -0.2) is 4.39 Å². The van der Waals surface area contributed by atoms with Crippen LogP contribution in [0.25, 0.3) is 0 Å². The SMILES string of the molecule is CCN1CCN(c2c(C)c(C(=O)Nc3ccc(OC)cc3)n(Cc3ccccc3F)c2C)CC1. The average molecular weight is 465 g/mol. The maximum absolute atomic E-state index is 14.6. The molecule has 0 unspecified atom stereocenters. The van der Waals surface area contributed by atoms with Crippen LogP contribution in [0, 0.1) is 19.7 Å². The molecule has 0 spiro atoms. The number of benzene rings is 2. The molecular formula is C27H33FN4O2. The summed E-state index contributed by atoms with van der Waals surface area (Å²) < 4.78 is 21.7. The van der Waals surface area contributed by atoms with Gasteiger partial charge >= 0.3 is 0 Å². The lowest BCUT2D eigenvalue weighted by atomic mass is 10.1. The molecular weight excluding hydrogens is 431 g/mol. The van der Waals surface area contributed by atoms with Crippen LogP contribution in [0.5, 0.6) is 5.75 Å². The van der Waals surface area contributed by atoms with E-state index in [1.54, 1.807) is 19.2 Å². The molecule has 1 saturated heterocycles. The zero-order chi connectivity index (χ0) is 24.2. The molecule has 0 atom stereocenters. The zero-order valence-corrected chi connectivity index (χ0v) is 20.4. The van der Waals surface area contributed by atoms with Gasteiger partial charge in [0.15, 0.2) is 0 Å². The number of nitrogens with zero attached hydrogens (tertiary/aromatic N) is 3. The Bertz CT molecular complexity index is 1150. The highest BCUT2D eigenvalue weighted by Gasteiger charge is 2.28. The van der Waals surface area contributed by atoms with Crippen LogP contribution in [-0.2, 0) is 6.54 Å². The first-order chi connectivity index (χ1) is 16.4. The number of rotatable bonds is 7. The van der Waals surface area contributed by atoms with Gasteiger partial charge in [-0.15, -0.1) is 0 Å². The minimum atomic E-state index is -0.270. The van der Waals surface area contributed by atoms with Crippen LogP contribution in [0.4, 0.5) is 15.8 Å². The number of carbonyl (C=O) groups is 1. The van der Waals surface area contributed by atoms with Crippen molar-refractivity contribution in [3.63, 3.8) is 0 Å². The molecule has 1 N–H and O–H groups in total. The molecule has 1 aromatic heterocycles. The fourth-order valence-electron chi connectivity index (χ4n) is 4.79. The summed E-state index contributed by atoms with van der Waals surface area (Å²) in [6.07, 6.45) is 0. The molecule has 3 aromatic rings. The number of anilines is 2. The lowest BCUT2D eigenvalue weighted by Gasteiger charge is -2.36. The van der Waals surface area contributed by atoms with E-state index < -0.39 is 0 Å². The molecule has 0 bridgehead atoms. The Kier molecular flexibility index (Phi) is 7.22. The first kappa shape index (κ1) is 23.8. The number of ether oxygens (including phenoxy) is 1. The van der Waals surface area contributed by atoms with Crippen LogP contribution in [-0.4, -0.2) is 55.2 Å². The molecule has 6 nitrogen and oxygen atoms in total. The van der Waals surface area contributed by atoms with Crippen molar-refractivity contribution in [1.82, 2.24) is 9.47 Å². The average Bonchev–Trinajstić information content (AvgIpc) is 3.10. The highest BCUT2D eigenvalue weighted by molar-refractivity contribution is 6.05. The Hall–Kier alpha value is -3.32. The topological polar surface area (TPSA) is 49.7 Å². The number of hydrogen-bond acceptors (Lipinski definition) is 4. The van der Waals surface area contributed by atoms with E-state index in [2.05, 4.69) is 22.0 Å². The fourth-order valence-corrected chi connectivity index (χ4v) is 4.79. The largest absolute Gasteiger partial charge is 0.497 e. The Morgan fingerprint density at radius 3 is 2.32 bits per heavy atom. The number of aromatic nitrogens is 1. The van der Waals surface area contributed by atoms with Crippen molar-refractivity contribution < 1.29 is 13.9 Å². The van der Waals surface area contributed by atoms with E-state index in [0.29, 0.717) is 23.5 Å². The van der Waals surface area contributed by atoms with Crippen molar-refractivity contribution in [2.45, 2.75) is 27.3 Å². The molecule has 7 heteroatoms. The molecule has 1 fully saturated rings. The van der Waals surface area contributed by atoms with Gasteiger partial charge in [0.25, 0.3) is 5.91 Å². The zero-order valence-electron chi connectivity index (χ0n) is 20.4. The Morgan fingerprint density at radius 1 is 1.03 bits per heavy atom. The summed E-state index contributed by atoms with van der Waals surface area (Å²) in [7, 11) is 1.61. The smallest absolute Gasteiger partial charge is 0.272 e. The molecule has 1 aliphatic rings. The molecule has 1 aliphatic heterocycles. The highest BCUT2D eigenvalue weighted by atomic mass is 19.1. The number of likely N-dealkylation sites (N-methyl/N-ethyl adjacent to an activating group) is 1. The summed E-state index contributed by atoms with van der Waals surface area (Å²) >= 11 is 0. The van der Waals surface area contributed by atoms with Crippen LogP contribution in [0.2, 0.25) is 0 Å². The molecule has 0 radical (unpaired) electrons. The summed E-state index contributed by atoms with van der Waals surface area (Å²) in [5, 5.41) is 3.01. The van der Waals surface area contributed by atoms with Crippen LogP contribution >= 0.6 is 0 Å². The van der Waals surface area contributed by atoms with Gasteiger partial charge in [-0.2, -0.15) is 0 Å². The maximum Gasteiger partial charge on any atom is 0.272 e. The molecule has 180 valence electrons. The molecule has 2 aromatic carbocycles. The van der Waals surface area contributed by atoms with E-state index in [0.717, 1.165) is 55.4 Å². The third kappa shape index (κ3) is 4.80. The van der Waals surface area contributed by atoms with Gasteiger partial charge in [0.2, 0.25) is 0 Å². The van der Waals surface area contributed by atoms with Crippen molar-refractivity contribution in [3.05, 3.63) is 76.9 Å². The molecule has 2 heterocycles. The lowest BCUT2D eigenvalue weighted by Crippen LogP contribution is -2.46. The first-order valence-corrected chi connectivity index (χ1v) is 11.8. The fraction of sp³-hybridized carbons (Fsp3) is 0.370. The summed E-state index contributed by atoms with van der Waals surface area (Å²) in [5.74, 6) is 0.245. The number of piperazine rings is 1. The second-order valence-corrected chi connectivity index (χ2v) is 8.69. The van der Waals surface area contributed by atoms with Crippen LogP contribution in [0.15, 0.2) is 48.5 Å². The Labute approximate surface area is 200 Å². The number of hydrogen-bond donors (Lipinski definition) is 1. The molecule has 4 rings (SSSR count). The number of carbonyl (C=O) groups excluding carboxylic acids is 1. The minimum absolute atomic E-state index is 0.208. The van der Waals surface area contributed by atoms with Crippen LogP contribution in [0.3, 0.4) is 0 Å². The van der Waals surface area contributed by atoms with Gasteiger partial charge in [-0.1, -0.05) is 25.1 Å². The van der Waals surface area contributed by atoms with Gasteiger partial charge in [-0.3, -0.25) is 4.79 Å². The van der Waals surface area contributed by atoms with Crippen LogP contribution in [0.1, 0.15) is 34.2 Å². The Balaban J connectivity index is 1.71. The maximum atomic E-state index is 14.6. The summed E-state index contributed by atoms with van der Waals surface area (Å²) in [6.45, 7) is 11.3. The van der Waals surface area contributed by atoms with E-state index in [-0.39, 0.29) is 11.7 Å². The van der Waals surface area contributed by atoms with E-state index >= 15 is 0 Å². The quantitative estimate of drug-likeness (QED) is 0.551. The normalized spacial score (nSPS) is 14.3. The van der Waals surface area contributed by atoms with E-state index in [1.165, 1.54) is 6.07 Å². The van der Waals surface area contributed by atoms with Gasteiger partial charge < -0.3 is 24.4 Å². The van der Waals surface area contributed by atoms with Gasteiger partial charge in [-0.05, 0) is 50.7 Å². The second-order valence-electron chi connectivity index (χ2n) is 8.69. The van der Waals surface area contributed by atoms with Gasteiger partial charge in [0, 0.05) is 48.7 Å². The number of halogens is 1. The second kappa shape index (κ2) is 10.3. The van der Waals surface area contributed by atoms with Crippen LogP contribution < -0.4 is 15.0 Å². The standard InChI is InChI=1S/C27H33FN4O2/c1-5-30-14-16-31(17-15-30)25-19(2)26(27(33)29-22-10-12-23(34-4)13-11-22)32(20(25)3)18-21-8-6-7-9-24(21)28/h6-13H,5,14-18H2,1-4H3,(H,29,33). The number of amides is 1. The van der Waals surface area contributed by atoms with Gasteiger partial charge in [0.05, 0.1) is 19.3 Å². The predicted octanol–water partition coefficient (Wildman–Crippen LogP) is 4.70. The predicted molar refractivity (Wildman–Crippen MR) is 135 cm³/mol. The van der Waals surface area contributed by atoms with Crippen molar-refractivity contribution in [1.29, 1.82) is 0 Å². The molecule has 1 amide bonds. The third-order valence-corrected chi connectivity index (χ3v) is 6.71. The lowest BCUT2D eigenvalue weighted by molar-refractivity contribution is 0.101. The number of nitrogens with one attached hydrogen (secondary N) is 1. The first-order valence-electron chi connectivity index (χ1n) is 11.8. The third-order valence-electron chi connectivity index (χ3n) is 6.71. The van der Waals surface area contributed by atoms with Crippen molar-refractivity contribution in [2.24, 2.45) is 0 Å². The summed E-state index contributed by atoms with van der Waals surface area (Å²) in [4.78, 5) is 18.3. The van der Waals surface area contributed by atoms with E-state index in [4.69, 9.17) is 4.74 Å². The monoisotopic (exact) mass is 464 g/mol. The molecule has 0 aliphatic carbocycles. The molecule has 0 saturated carbocycles. The number of methoxy groups -OCH3 is 1. The van der Waals surface area contributed by atoms with Crippen molar-refractivity contribution >= 4 is 17.3 Å². The van der Waals surface area contributed by atoms with E-state index in [9.17, 15) is 9.18 Å².